The van der Waals surface area contributed by atoms with Crippen molar-refractivity contribution in [3.63, 3.8) is 0 Å². The molecule has 2 N–H and O–H groups in total. The van der Waals surface area contributed by atoms with Crippen LogP contribution < -0.4 is 5.73 Å². The fourth-order valence-electron chi connectivity index (χ4n) is 2.64. The topological polar surface area (TPSA) is 59.2 Å². The van der Waals surface area contributed by atoms with Gasteiger partial charge in [0.1, 0.15) is 4.88 Å². The summed E-state index contributed by atoms with van der Waals surface area (Å²) in [6, 6.07) is 11.8. The summed E-state index contributed by atoms with van der Waals surface area (Å²) in [5, 5.41) is 0. The molecule has 0 spiro atoms. The number of rotatable bonds is 3. The van der Waals surface area contributed by atoms with Crippen LogP contribution in [0.5, 0.6) is 0 Å². The zero-order valence-electron chi connectivity index (χ0n) is 12.1. The van der Waals surface area contributed by atoms with Crippen molar-refractivity contribution >= 4 is 17.4 Å². The Kier molecular flexibility index (Phi) is 3.78. The molecule has 3 rings (SSSR count). The van der Waals surface area contributed by atoms with E-state index in [1.807, 2.05) is 41.3 Å². The molecule has 1 fully saturated rings. The lowest BCUT2D eigenvalue weighted by Crippen LogP contribution is -2.34. The van der Waals surface area contributed by atoms with Gasteiger partial charge in [-0.1, -0.05) is 37.3 Å². The number of aromatic nitrogens is 1. The van der Waals surface area contributed by atoms with Crippen molar-refractivity contribution in [2.75, 3.05) is 19.6 Å². The van der Waals surface area contributed by atoms with E-state index in [1.54, 1.807) is 0 Å². The first kappa shape index (κ1) is 14.2. The molecular formula is C16H19N3OS. The molecule has 110 valence electrons. The zero-order chi connectivity index (χ0) is 14.9. The second-order valence-electron chi connectivity index (χ2n) is 5.93. The van der Waals surface area contributed by atoms with Gasteiger partial charge in [-0.15, -0.1) is 0 Å². The maximum atomic E-state index is 12.6. The van der Waals surface area contributed by atoms with E-state index >= 15 is 0 Å². The molecule has 1 aliphatic heterocycles. The van der Waals surface area contributed by atoms with Crippen molar-refractivity contribution in [3.05, 3.63) is 41.3 Å². The normalized spacial score (nSPS) is 21.7. The van der Waals surface area contributed by atoms with Crippen LogP contribution in [0.3, 0.4) is 0 Å². The van der Waals surface area contributed by atoms with Gasteiger partial charge in [0.15, 0.2) is 0 Å². The van der Waals surface area contributed by atoms with Gasteiger partial charge in [0.25, 0.3) is 5.91 Å². The predicted octanol–water partition coefficient (Wildman–Crippen LogP) is 2.62. The predicted molar refractivity (Wildman–Crippen MR) is 85.2 cm³/mol. The van der Waals surface area contributed by atoms with Crippen LogP contribution in [0, 0.1) is 5.41 Å². The molecule has 0 bridgehead atoms. The van der Waals surface area contributed by atoms with Gasteiger partial charge in [0.2, 0.25) is 0 Å². The number of carbonyl (C=O) groups is 1. The fraction of sp³-hybridized carbons (Fsp3) is 0.375. The van der Waals surface area contributed by atoms with Crippen LogP contribution in [0.15, 0.2) is 36.4 Å². The SMILES string of the molecule is CC1(CN)CCN(C(=O)c2cc(-c3ccccc3)ns2)C1. The molecule has 21 heavy (non-hydrogen) atoms. The number of hydrogen-bond donors (Lipinski definition) is 1. The number of hydrogen-bond acceptors (Lipinski definition) is 4. The first-order valence-corrected chi connectivity index (χ1v) is 7.90. The summed E-state index contributed by atoms with van der Waals surface area (Å²) in [5.41, 5.74) is 7.77. The van der Waals surface area contributed by atoms with Crippen molar-refractivity contribution in [1.82, 2.24) is 9.27 Å². The van der Waals surface area contributed by atoms with Crippen LogP contribution in [-0.4, -0.2) is 34.8 Å². The van der Waals surface area contributed by atoms with Crippen LogP contribution in [-0.2, 0) is 0 Å². The maximum absolute atomic E-state index is 12.6. The Morgan fingerprint density at radius 2 is 2.19 bits per heavy atom. The van der Waals surface area contributed by atoms with E-state index in [2.05, 4.69) is 11.3 Å². The Balaban J connectivity index is 1.77. The summed E-state index contributed by atoms with van der Waals surface area (Å²) in [6.07, 6.45) is 0.972. The number of amides is 1. The van der Waals surface area contributed by atoms with E-state index in [9.17, 15) is 4.79 Å². The minimum absolute atomic E-state index is 0.0581. The smallest absolute Gasteiger partial charge is 0.265 e. The van der Waals surface area contributed by atoms with E-state index < -0.39 is 0 Å². The lowest BCUT2D eigenvalue weighted by Gasteiger charge is -2.22. The third-order valence-corrected chi connectivity index (χ3v) is 4.91. The molecule has 1 aromatic carbocycles. The fourth-order valence-corrected chi connectivity index (χ4v) is 3.37. The van der Waals surface area contributed by atoms with Gasteiger partial charge in [-0.3, -0.25) is 4.79 Å². The van der Waals surface area contributed by atoms with E-state index in [0.29, 0.717) is 11.4 Å². The van der Waals surface area contributed by atoms with Gasteiger partial charge in [0, 0.05) is 18.7 Å². The standard InChI is InChI=1S/C16H19N3OS/c1-16(10-17)7-8-19(11-16)15(20)14-9-13(18-21-14)12-5-3-2-4-6-12/h2-6,9H,7-8,10-11,17H2,1H3. The lowest BCUT2D eigenvalue weighted by molar-refractivity contribution is 0.0781. The lowest BCUT2D eigenvalue weighted by atomic mass is 9.90. The van der Waals surface area contributed by atoms with Crippen molar-refractivity contribution in [3.8, 4) is 11.3 Å². The van der Waals surface area contributed by atoms with Crippen molar-refractivity contribution in [1.29, 1.82) is 0 Å². The highest BCUT2D eigenvalue weighted by molar-refractivity contribution is 7.08. The average Bonchev–Trinajstić information content (AvgIpc) is 3.15. The van der Waals surface area contributed by atoms with E-state index in [4.69, 9.17) is 5.73 Å². The minimum atomic E-state index is 0.0581. The molecule has 0 aliphatic carbocycles. The average molecular weight is 301 g/mol. The Morgan fingerprint density at radius 3 is 2.86 bits per heavy atom. The summed E-state index contributed by atoms with van der Waals surface area (Å²) in [5.74, 6) is 0.0758. The number of nitrogens with two attached hydrogens (primary N) is 1. The van der Waals surface area contributed by atoms with E-state index in [-0.39, 0.29) is 11.3 Å². The molecule has 2 aromatic rings. The van der Waals surface area contributed by atoms with Crippen LogP contribution in [0.1, 0.15) is 23.0 Å². The summed E-state index contributed by atoms with van der Waals surface area (Å²) >= 11 is 1.27. The van der Waals surface area contributed by atoms with Crippen LogP contribution >= 0.6 is 11.5 Å². The first-order chi connectivity index (χ1) is 10.1. The highest BCUT2D eigenvalue weighted by Gasteiger charge is 2.35. The van der Waals surface area contributed by atoms with Crippen LogP contribution in [0.4, 0.5) is 0 Å². The van der Waals surface area contributed by atoms with Crippen molar-refractivity contribution < 1.29 is 4.79 Å². The maximum Gasteiger partial charge on any atom is 0.265 e. The minimum Gasteiger partial charge on any atom is -0.337 e. The first-order valence-electron chi connectivity index (χ1n) is 7.13. The number of benzene rings is 1. The number of carbonyl (C=O) groups excluding carboxylic acids is 1. The molecule has 1 aromatic heterocycles. The van der Waals surface area contributed by atoms with Gasteiger partial charge in [-0.05, 0) is 36.0 Å². The van der Waals surface area contributed by atoms with Gasteiger partial charge in [0.05, 0.1) is 5.69 Å². The van der Waals surface area contributed by atoms with Gasteiger partial charge in [-0.2, -0.15) is 4.37 Å². The van der Waals surface area contributed by atoms with Gasteiger partial charge < -0.3 is 10.6 Å². The Hall–Kier alpha value is -1.72. The van der Waals surface area contributed by atoms with E-state index in [0.717, 1.165) is 30.8 Å². The Labute approximate surface area is 128 Å². The summed E-state index contributed by atoms with van der Waals surface area (Å²) in [4.78, 5) is 15.2. The highest BCUT2D eigenvalue weighted by Crippen LogP contribution is 2.31. The molecule has 2 heterocycles. The van der Waals surface area contributed by atoms with Crippen LogP contribution in [0.25, 0.3) is 11.3 Å². The third-order valence-electron chi connectivity index (χ3n) is 4.13. The van der Waals surface area contributed by atoms with Gasteiger partial charge >= 0.3 is 0 Å². The molecular weight excluding hydrogens is 282 g/mol. The molecule has 1 atom stereocenters. The molecule has 4 nitrogen and oxygen atoms in total. The molecule has 0 saturated carbocycles. The molecule has 1 amide bonds. The molecule has 0 radical (unpaired) electrons. The molecule has 5 heteroatoms. The van der Waals surface area contributed by atoms with Crippen LogP contribution in [0.2, 0.25) is 0 Å². The monoisotopic (exact) mass is 301 g/mol. The van der Waals surface area contributed by atoms with Gasteiger partial charge in [-0.25, -0.2) is 0 Å². The Morgan fingerprint density at radius 1 is 1.43 bits per heavy atom. The largest absolute Gasteiger partial charge is 0.337 e. The molecule has 1 aliphatic rings. The van der Waals surface area contributed by atoms with Crippen molar-refractivity contribution in [2.45, 2.75) is 13.3 Å². The van der Waals surface area contributed by atoms with Crippen molar-refractivity contribution in [2.24, 2.45) is 11.1 Å². The molecule has 1 saturated heterocycles. The number of likely N-dealkylation sites (tertiary alicyclic amines) is 1. The molecule has 1 unspecified atom stereocenters. The third kappa shape index (κ3) is 2.84. The highest BCUT2D eigenvalue weighted by atomic mass is 32.1. The summed E-state index contributed by atoms with van der Waals surface area (Å²) in [6.45, 7) is 4.28. The quantitative estimate of drug-likeness (QED) is 0.948. The number of nitrogens with zero attached hydrogens (tertiary/aromatic N) is 2. The summed E-state index contributed by atoms with van der Waals surface area (Å²) < 4.78 is 4.40. The zero-order valence-corrected chi connectivity index (χ0v) is 12.9. The second-order valence-corrected chi connectivity index (χ2v) is 6.74. The van der Waals surface area contributed by atoms with E-state index in [1.165, 1.54) is 11.5 Å². The summed E-state index contributed by atoms with van der Waals surface area (Å²) in [7, 11) is 0. The second kappa shape index (κ2) is 5.58. The Bertz CT molecular complexity index is 640.